The Morgan fingerprint density at radius 3 is 2.31 bits per heavy atom. The van der Waals surface area contributed by atoms with E-state index < -0.39 is 0 Å². The highest BCUT2D eigenvalue weighted by Gasteiger charge is 2.24. The van der Waals surface area contributed by atoms with Crippen molar-refractivity contribution in [2.75, 3.05) is 5.32 Å². The Hall–Kier alpha value is -2.62. The number of nitrogens with two attached hydrogens (primary N) is 1. The quantitative estimate of drug-likeness (QED) is 0.679. The normalized spacial score (nSPS) is 11.8. The first kappa shape index (κ1) is 18.2. The first-order valence-electron chi connectivity index (χ1n) is 8.62. The van der Waals surface area contributed by atoms with Gasteiger partial charge >= 0.3 is 0 Å². The van der Waals surface area contributed by atoms with E-state index in [-0.39, 0.29) is 11.9 Å². The third kappa shape index (κ3) is 4.72. The minimum atomic E-state index is -0.337. The molecule has 0 radical (unpaired) electrons. The van der Waals surface area contributed by atoms with E-state index in [1.807, 2.05) is 67.6 Å². The second-order valence-corrected chi connectivity index (χ2v) is 6.67. The van der Waals surface area contributed by atoms with Gasteiger partial charge in [-0.15, -0.1) is 0 Å². The van der Waals surface area contributed by atoms with E-state index >= 15 is 0 Å². The molecule has 0 aliphatic rings. The molecular formula is C22H22ClN2O+. The molecule has 0 saturated heterocycles. The van der Waals surface area contributed by atoms with Gasteiger partial charge < -0.3 is 10.6 Å². The molecule has 132 valence electrons. The van der Waals surface area contributed by atoms with Gasteiger partial charge in [0.25, 0.3) is 5.91 Å². The van der Waals surface area contributed by atoms with Gasteiger partial charge in [0.05, 0.1) is 0 Å². The van der Waals surface area contributed by atoms with Crippen LogP contribution in [0.25, 0.3) is 0 Å². The number of quaternary nitrogens is 1. The van der Waals surface area contributed by atoms with E-state index in [2.05, 4.69) is 22.8 Å². The summed E-state index contributed by atoms with van der Waals surface area (Å²) >= 11 is 6.18. The van der Waals surface area contributed by atoms with E-state index in [1.54, 1.807) is 6.07 Å². The maximum absolute atomic E-state index is 12.9. The minimum absolute atomic E-state index is 0.0629. The SMILES string of the molecule is Cc1ccc(NC(=O)[C@H]([NH2+]Cc2ccccc2)c2ccccc2)cc1Cl. The zero-order valence-corrected chi connectivity index (χ0v) is 15.4. The van der Waals surface area contributed by atoms with E-state index in [4.69, 9.17) is 11.6 Å². The van der Waals surface area contributed by atoms with Crippen molar-refractivity contribution in [3.05, 3.63) is 101 Å². The van der Waals surface area contributed by atoms with Gasteiger partial charge in [-0.05, 0) is 24.6 Å². The van der Waals surface area contributed by atoms with E-state index in [0.717, 1.165) is 17.7 Å². The molecule has 0 fully saturated rings. The molecule has 0 bridgehead atoms. The highest BCUT2D eigenvalue weighted by molar-refractivity contribution is 6.31. The first-order chi connectivity index (χ1) is 12.6. The van der Waals surface area contributed by atoms with Crippen LogP contribution in [-0.4, -0.2) is 5.91 Å². The Balaban J connectivity index is 1.77. The van der Waals surface area contributed by atoms with Gasteiger partial charge in [-0.25, -0.2) is 0 Å². The molecule has 3 nitrogen and oxygen atoms in total. The fourth-order valence-electron chi connectivity index (χ4n) is 2.81. The molecule has 3 aromatic rings. The average Bonchev–Trinajstić information content (AvgIpc) is 2.67. The van der Waals surface area contributed by atoms with E-state index in [1.165, 1.54) is 5.56 Å². The van der Waals surface area contributed by atoms with Crippen molar-refractivity contribution >= 4 is 23.2 Å². The number of hydrogen-bond donors (Lipinski definition) is 2. The lowest BCUT2D eigenvalue weighted by molar-refractivity contribution is -0.697. The highest BCUT2D eigenvalue weighted by atomic mass is 35.5. The minimum Gasteiger partial charge on any atom is -0.328 e. The molecule has 0 aliphatic carbocycles. The summed E-state index contributed by atoms with van der Waals surface area (Å²) in [6, 6.07) is 25.2. The molecule has 0 saturated carbocycles. The summed E-state index contributed by atoms with van der Waals surface area (Å²) in [5.41, 5.74) is 3.85. The number of nitrogens with one attached hydrogen (secondary N) is 1. The topological polar surface area (TPSA) is 45.7 Å². The van der Waals surface area contributed by atoms with Crippen LogP contribution < -0.4 is 10.6 Å². The summed E-state index contributed by atoms with van der Waals surface area (Å²) in [4.78, 5) is 12.9. The molecule has 0 spiro atoms. The standard InChI is InChI=1S/C22H21ClN2O/c1-16-12-13-19(14-20(16)23)25-22(26)21(18-10-6-3-7-11-18)24-15-17-8-4-2-5-9-17/h2-14,21,24H,15H2,1H3,(H,25,26)/p+1/t21-/m1/s1. The Labute approximate surface area is 159 Å². The number of amides is 1. The van der Waals surface area contributed by atoms with Gasteiger partial charge in [-0.1, -0.05) is 78.3 Å². The number of benzene rings is 3. The van der Waals surface area contributed by atoms with Gasteiger partial charge in [-0.3, -0.25) is 4.79 Å². The third-order valence-corrected chi connectivity index (χ3v) is 4.72. The van der Waals surface area contributed by atoms with E-state index in [0.29, 0.717) is 10.7 Å². The lowest BCUT2D eigenvalue weighted by Gasteiger charge is -2.16. The number of anilines is 1. The molecule has 0 heterocycles. The Bertz CT molecular complexity index is 866. The molecule has 0 aliphatic heterocycles. The highest BCUT2D eigenvalue weighted by Crippen LogP contribution is 2.21. The molecule has 3 aromatic carbocycles. The molecular weight excluding hydrogens is 344 g/mol. The van der Waals surface area contributed by atoms with Gasteiger partial charge in [0.15, 0.2) is 6.04 Å². The lowest BCUT2D eigenvalue weighted by Crippen LogP contribution is -2.85. The van der Waals surface area contributed by atoms with Crippen molar-refractivity contribution < 1.29 is 10.1 Å². The largest absolute Gasteiger partial charge is 0.328 e. The summed E-state index contributed by atoms with van der Waals surface area (Å²) < 4.78 is 0. The van der Waals surface area contributed by atoms with Crippen LogP contribution in [0, 0.1) is 6.92 Å². The maximum atomic E-state index is 12.9. The van der Waals surface area contributed by atoms with Crippen molar-refractivity contribution in [3.63, 3.8) is 0 Å². The molecule has 4 heteroatoms. The smallest absolute Gasteiger partial charge is 0.287 e. The molecule has 3 N–H and O–H groups in total. The molecule has 1 amide bonds. The van der Waals surface area contributed by atoms with Crippen LogP contribution in [0.2, 0.25) is 5.02 Å². The third-order valence-electron chi connectivity index (χ3n) is 4.31. The molecule has 0 aromatic heterocycles. The van der Waals surface area contributed by atoms with E-state index in [9.17, 15) is 4.79 Å². The molecule has 1 atom stereocenters. The van der Waals surface area contributed by atoms with Gasteiger partial charge in [0, 0.05) is 21.8 Å². The van der Waals surface area contributed by atoms with Crippen molar-refractivity contribution in [3.8, 4) is 0 Å². The van der Waals surface area contributed by atoms with Gasteiger partial charge in [-0.2, -0.15) is 0 Å². The number of aryl methyl sites for hydroxylation is 1. The van der Waals surface area contributed by atoms with Crippen molar-refractivity contribution in [2.24, 2.45) is 0 Å². The monoisotopic (exact) mass is 365 g/mol. The summed E-state index contributed by atoms with van der Waals surface area (Å²) in [6.45, 7) is 2.66. The predicted octanol–water partition coefficient (Wildman–Crippen LogP) is 4.09. The number of carbonyl (C=O) groups is 1. The predicted molar refractivity (Wildman–Crippen MR) is 106 cm³/mol. The zero-order valence-electron chi connectivity index (χ0n) is 14.7. The van der Waals surface area contributed by atoms with Crippen LogP contribution in [0.1, 0.15) is 22.7 Å². The molecule has 26 heavy (non-hydrogen) atoms. The maximum Gasteiger partial charge on any atom is 0.287 e. The fraction of sp³-hybridized carbons (Fsp3) is 0.136. The van der Waals surface area contributed by atoms with Crippen molar-refractivity contribution in [1.29, 1.82) is 0 Å². The van der Waals surface area contributed by atoms with Crippen LogP contribution in [0.15, 0.2) is 78.9 Å². The average molecular weight is 366 g/mol. The molecule has 3 rings (SSSR count). The molecule has 0 unspecified atom stereocenters. The number of hydrogen-bond acceptors (Lipinski definition) is 1. The fourth-order valence-corrected chi connectivity index (χ4v) is 2.99. The van der Waals surface area contributed by atoms with Crippen LogP contribution in [0.3, 0.4) is 0 Å². The van der Waals surface area contributed by atoms with Crippen molar-refractivity contribution in [1.82, 2.24) is 0 Å². The Morgan fingerprint density at radius 2 is 1.65 bits per heavy atom. The van der Waals surface area contributed by atoms with Crippen LogP contribution in [0.4, 0.5) is 5.69 Å². The summed E-state index contributed by atoms with van der Waals surface area (Å²) in [5.74, 6) is -0.0629. The van der Waals surface area contributed by atoms with Crippen LogP contribution in [-0.2, 0) is 11.3 Å². The van der Waals surface area contributed by atoms with Gasteiger partial charge in [0.2, 0.25) is 0 Å². The number of carbonyl (C=O) groups excluding carboxylic acids is 1. The number of rotatable bonds is 6. The first-order valence-corrected chi connectivity index (χ1v) is 9.00. The summed E-state index contributed by atoms with van der Waals surface area (Å²) in [6.07, 6.45) is 0. The second kappa shape index (κ2) is 8.65. The van der Waals surface area contributed by atoms with Gasteiger partial charge in [0.1, 0.15) is 6.54 Å². The zero-order chi connectivity index (χ0) is 18.4. The Kier molecular flexibility index (Phi) is 6.05. The Morgan fingerprint density at radius 1 is 1.00 bits per heavy atom. The summed E-state index contributed by atoms with van der Waals surface area (Å²) in [5, 5.41) is 5.69. The lowest BCUT2D eigenvalue weighted by atomic mass is 10.1. The van der Waals surface area contributed by atoms with Crippen molar-refractivity contribution in [2.45, 2.75) is 19.5 Å². The summed E-state index contributed by atoms with van der Waals surface area (Å²) in [7, 11) is 0. The van der Waals surface area contributed by atoms with Crippen LogP contribution >= 0.6 is 11.6 Å². The number of halogens is 1. The second-order valence-electron chi connectivity index (χ2n) is 6.27. The van der Waals surface area contributed by atoms with Crippen LogP contribution in [0.5, 0.6) is 0 Å².